The highest BCUT2D eigenvalue weighted by atomic mass is 32.2. The number of benzene rings is 1. The lowest BCUT2D eigenvalue weighted by Crippen LogP contribution is -2.47. The van der Waals surface area contributed by atoms with Crippen LogP contribution in [0.3, 0.4) is 0 Å². The molecule has 5 nitrogen and oxygen atoms in total. The van der Waals surface area contributed by atoms with E-state index in [9.17, 15) is 13.2 Å². The first-order valence-corrected chi connectivity index (χ1v) is 7.19. The number of aliphatic carboxylic acids is 1. The minimum Gasteiger partial charge on any atom is -0.480 e. The number of rotatable bonds is 1. The van der Waals surface area contributed by atoms with Gasteiger partial charge in [-0.05, 0) is 31.0 Å². The largest absolute Gasteiger partial charge is 0.480 e. The van der Waals surface area contributed by atoms with Crippen LogP contribution in [-0.4, -0.2) is 38.3 Å². The maximum absolute atomic E-state index is 12.2. The van der Waals surface area contributed by atoms with Crippen LogP contribution >= 0.6 is 0 Å². The van der Waals surface area contributed by atoms with Crippen molar-refractivity contribution in [1.82, 2.24) is 0 Å². The quantitative estimate of drug-likeness (QED) is 0.822. The molecule has 0 aromatic heterocycles. The molecule has 0 spiro atoms. The third-order valence-electron chi connectivity index (χ3n) is 3.22. The zero-order valence-corrected chi connectivity index (χ0v) is 11.3. The number of fused-ring (bicyclic) bond motifs is 1. The monoisotopic (exact) mass is 269 g/mol. The van der Waals surface area contributed by atoms with E-state index in [0.717, 1.165) is 5.56 Å². The van der Waals surface area contributed by atoms with Gasteiger partial charge in [0.2, 0.25) is 0 Å². The van der Waals surface area contributed by atoms with Gasteiger partial charge in [-0.15, -0.1) is 0 Å². The molecule has 1 aromatic rings. The summed E-state index contributed by atoms with van der Waals surface area (Å²) in [6.45, 7) is 3.59. The molecule has 1 aliphatic heterocycles. The van der Waals surface area contributed by atoms with E-state index in [0.29, 0.717) is 11.3 Å². The second kappa shape index (κ2) is 3.98. The predicted octanol–water partition coefficient (Wildman–Crippen LogP) is 0.980. The fraction of sp³-hybridized carbons (Fsp3) is 0.417. The van der Waals surface area contributed by atoms with Gasteiger partial charge in [-0.1, -0.05) is 6.07 Å². The summed E-state index contributed by atoms with van der Waals surface area (Å²) in [6, 6.07) is 2.49. The van der Waals surface area contributed by atoms with Gasteiger partial charge in [-0.25, -0.2) is 13.2 Å². The lowest BCUT2D eigenvalue weighted by molar-refractivity contribution is -0.138. The topological polar surface area (TPSA) is 74.7 Å². The Balaban J connectivity index is 2.74. The minimum atomic E-state index is -3.54. The summed E-state index contributed by atoms with van der Waals surface area (Å²) in [4.78, 5) is 12.9. The first-order valence-electron chi connectivity index (χ1n) is 5.53. The Kier molecular flexibility index (Phi) is 2.85. The van der Waals surface area contributed by atoms with Crippen LogP contribution < -0.4 is 4.90 Å². The fourth-order valence-electron chi connectivity index (χ4n) is 2.41. The van der Waals surface area contributed by atoms with Crippen molar-refractivity contribution in [3.63, 3.8) is 0 Å². The van der Waals surface area contributed by atoms with E-state index >= 15 is 0 Å². The molecule has 0 radical (unpaired) electrons. The number of carboxylic acids is 1. The van der Waals surface area contributed by atoms with Crippen LogP contribution in [0.4, 0.5) is 5.69 Å². The van der Waals surface area contributed by atoms with Crippen LogP contribution in [0.25, 0.3) is 0 Å². The standard InChI is InChI=1S/C12H15NO4S/c1-7-4-8(2)11-9(5-7)13(3)10(12(14)15)6-18(11,16)17/h4-5,10H,6H2,1-3H3,(H,14,15). The lowest BCUT2D eigenvalue weighted by atomic mass is 10.1. The van der Waals surface area contributed by atoms with Gasteiger partial charge in [-0.3, -0.25) is 0 Å². The molecule has 6 heteroatoms. The van der Waals surface area contributed by atoms with E-state index in [1.165, 1.54) is 4.90 Å². The molecule has 1 heterocycles. The van der Waals surface area contributed by atoms with Crippen LogP contribution in [0.1, 0.15) is 11.1 Å². The molecule has 0 amide bonds. The van der Waals surface area contributed by atoms with Gasteiger partial charge in [0.15, 0.2) is 9.84 Å². The molecule has 1 aliphatic rings. The van der Waals surface area contributed by atoms with Crippen molar-refractivity contribution < 1.29 is 18.3 Å². The molecule has 0 fully saturated rings. The van der Waals surface area contributed by atoms with Crippen molar-refractivity contribution in [3.8, 4) is 0 Å². The summed E-state index contributed by atoms with van der Waals surface area (Å²) in [5, 5.41) is 9.10. The van der Waals surface area contributed by atoms with Gasteiger partial charge >= 0.3 is 5.97 Å². The van der Waals surface area contributed by atoms with Gasteiger partial charge in [0, 0.05) is 7.05 Å². The summed E-state index contributed by atoms with van der Waals surface area (Å²) >= 11 is 0. The van der Waals surface area contributed by atoms with E-state index < -0.39 is 21.8 Å². The van der Waals surface area contributed by atoms with E-state index in [1.807, 2.05) is 6.92 Å². The van der Waals surface area contributed by atoms with Crippen molar-refractivity contribution >= 4 is 21.5 Å². The molecule has 1 N–H and O–H groups in total. The smallest absolute Gasteiger partial charge is 0.327 e. The molecular formula is C12H15NO4S. The third-order valence-corrected chi connectivity index (χ3v) is 5.13. The molecule has 0 saturated heterocycles. The van der Waals surface area contributed by atoms with Gasteiger partial charge in [0.05, 0.1) is 16.3 Å². The van der Waals surface area contributed by atoms with Gasteiger partial charge in [-0.2, -0.15) is 0 Å². The summed E-state index contributed by atoms with van der Waals surface area (Å²) < 4.78 is 24.4. The number of hydrogen-bond donors (Lipinski definition) is 1. The normalized spacial score (nSPS) is 21.5. The average Bonchev–Trinajstić information content (AvgIpc) is 2.21. The highest BCUT2D eigenvalue weighted by Crippen LogP contribution is 2.35. The first kappa shape index (κ1) is 12.9. The number of anilines is 1. The number of sulfone groups is 1. The van der Waals surface area contributed by atoms with E-state index in [2.05, 4.69) is 0 Å². The molecule has 0 aliphatic carbocycles. The highest BCUT2D eigenvalue weighted by molar-refractivity contribution is 7.91. The van der Waals surface area contributed by atoms with Crippen molar-refractivity contribution in [2.24, 2.45) is 0 Å². The Bertz CT molecular complexity index is 621. The summed E-state index contributed by atoms with van der Waals surface area (Å²) in [5.74, 6) is -1.50. The Morgan fingerprint density at radius 1 is 1.39 bits per heavy atom. The van der Waals surface area contributed by atoms with E-state index in [-0.39, 0.29) is 10.6 Å². The molecule has 0 saturated carbocycles. The lowest BCUT2D eigenvalue weighted by Gasteiger charge is -2.34. The average molecular weight is 269 g/mol. The number of nitrogens with zero attached hydrogens (tertiary/aromatic N) is 1. The summed E-state index contributed by atoms with van der Waals surface area (Å²) in [6.07, 6.45) is 0. The maximum Gasteiger partial charge on any atom is 0.327 e. The SMILES string of the molecule is Cc1cc(C)c2c(c1)N(C)C(C(=O)O)CS2(=O)=O. The zero-order valence-electron chi connectivity index (χ0n) is 10.5. The fourth-order valence-corrected chi connectivity index (χ4v) is 4.43. The van der Waals surface area contributed by atoms with Crippen LogP contribution in [0.15, 0.2) is 17.0 Å². The van der Waals surface area contributed by atoms with E-state index in [4.69, 9.17) is 5.11 Å². The first-order chi connectivity index (χ1) is 8.24. The van der Waals surface area contributed by atoms with Crippen LogP contribution in [-0.2, 0) is 14.6 Å². The second-order valence-electron chi connectivity index (χ2n) is 4.68. The van der Waals surface area contributed by atoms with Crippen molar-refractivity contribution in [3.05, 3.63) is 23.3 Å². The predicted molar refractivity (Wildman–Crippen MR) is 67.8 cm³/mol. The van der Waals surface area contributed by atoms with Crippen LogP contribution in [0.2, 0.25) is 0 Å². The molecule has 2 rings (SSSR count). The number of aryl methyl sites for hydroxylation is 2. The summed E-state index contributed by atoms with van der Waals surface area (Å²) in [7, 11) is -1.92. The van der Waals surface area contributed by atoms with Crippen LogP contribution in [0, 0.1) is 13.8 Å². The number of likely N-dealkylation sites (N-methyl/N-ethyl adjacent to an activating group) is 1. The van der Waals surface area contributed by atoms with Gasteiger partial charge in [0.25, 0.3) is 0 Å². The molecular weight excluding hydrogens is 254 g/mol. The van der Waals surface area contributed by atoms with Gasteiger partial charge in [0.1, 0.15) is 6.04 Å². The Labute approximate surface area is 106 Å². The number of carbonyl (C=O) groups is 1. The van der Waals surface area contributed by atoms with Crippen molar-refractivity contribution in [1.29, 1.82) is 0 Å². The number of carboxylic acid groups (broad SMARTS) is 1. The minimum absolute atomic E-state index is 0.258. The van der Waals surface area contributed by atoms with Crippen LogP contribution in [0.5, 0.6) is 0 Å². The maximum atomic E-state index is 12.2. The Morgan fingerprint density at radius 3 is 2.56 bits per heavy atom. The molecule has 1 aromatic carbocycles. The highest BCUT2D eigenvalue weighted by Gasteiger charge is 2.38. The zero-order chi connectivity index (χ0) is 13.7. The van der Waals surface area contributed by atoms with Gasteiger partial charge < -0.3 is 10.0 Å². The van der Waals surface area contributed by atoms with E-state index in [1.54, 1.807) is 26.1 Å². The molecule has 98 valence electrons. The molecule has 1 unspecified atom stereocenters. The van der Waals surface area contributed by atoms with Crippen molar-refractivity contribution in [2.75, 3.05) is 17.7 Å². The Morgan fingerprint density at radius 2 is 2.00 bits per heavy atom. The molecule has 18 heavy (non-hydrogen) atoms. The Hall–Kier alpha value is -1.56. The van der Waals surface area contributed by atoms with Crippen molar-refractivity contribution in [2.45, 2.75) is 24.8 Å². The molecule has 1 atom stereocenters. The number of hydrogen-bond acceptors (Lipinski definition) is 4. The summed E-state index contributed by atoms with van der Waals surface area (Å²) in [5.41, 5.74) is 2.06. The molecule has 0 bridgehead atoms. The second-order valence-corrected chi connectivity index (χ2v) is 6.65. The third kappa shape index (κ3) is 1.86.